The zero-order valence-electron chi connectivity index (χ0n) is 44.1. The molecular formula is C49H75N11O16S. The maximum Gasteiger partial charge on any atom is 0.322 e. The van der Waals surface area contributed by atoms with E-state index >= 15 is 0 Å². The van der Waals surface area contributed by atoms with Crippen molar-refractivity contribution in [2.75, 3.05) is 25.1 Å². The molecule has 0 aliphatic carbocycles. The number of nitrogens with one attached hydrogen (secondary N) is 8. The van der Waals surface area contributed by atoms with Crippen molar-refractivity contribution in [3.8, 4) is 0 Å². The van der Waals surface area contributed by atoms with Crippen molar-refractivity contribution in [2.24, 2.45) is 23.3 Å². The van der Waals surface area contributed by atoms with Gasteiger partial charge in [-0.25, -0.2) is 0 Å². The van der Waals surface area contributed by atoms with Crippen LogP contribution in [0.2, 0.25) is 0 Å². The Balaban J connectivity index is 2.46. The molecule has 428 valence electrons. The summed E-state index contributed by atoms with van der Waals surface area (Å²) in [6.45, 7) is 7.24. The van der Waals surface area contributed by atoms with E-state index in [1.807, 2.05) is 0 Å². The lowest BCUT2D eigenvalue weighted by molar-refractivity contribution is -0.146. The summed E-state index contributed by atoms with van der Waals surface area (Å²) in [7, 11) is 0. The van der Waals surface area contributed by atoms with Crippen molar-refractivity contribution in [3.05, 3.63) is 35.9 Å². The second kappa shape index (κ2) is 32.9. The third-order valence-corrected chi connectivity index (χ3v) is 12.9. The average Bonchev–Trinajstić information content (AvgIpc) is 3.86. The third kappa shape index (κ3) is 23.2. The Labute approximate surface area is 450 Å². The predicted octanol–water partition coefficient (Wildman–Crippen LogP) is -2.78. The molecule has 0 saturated carbocycles. The van der Waals surface area contributed by atoms with Crippen molar-refractivity contribution in [1.82, 2.24) is 47.4 Å². The van der Waals surface area contributed by atoms with Gasteiger partial charge in [-0.3, -0.25) is 62.3 Å². The maximum atomic E-state index is 14.4. The van der Waals surface area contributed by atoms with Crippen molar-refractivity contribution in [1.29, 1.82) is 0 Å². The predicted molar refractivity (Wildman–Crippen MR) is 278 cm³/mol. The Morgan fingerprint density at radius 2 is 1.18 bits per heavy atom. The number of likely N-dealkylation sites (tertiary alicyclic amines) is 1. The van der Waals surface area contributed by atoms with E-state index in [-0.39, 0.29) is 57.4 Å². The highest BCUT2D eigenvalue weighted by atomic mass is 32.2. The van der Waals surface area contributed by atoms with E-state index in [9.17, 15) is 72.5 Å². The van der Waals surface area contributed by atoms with Crippen molar-refractivity contribution >= 4 is 88.7 Å². The average molecular weight is 1110 g/mol. The summed E-state index contributed by atoms with van der Waals surface area (Å²) in [5.41, 5.74) is 11.5. The summed E-state index contributed by atoms with van der Waals surface area (Å²) < 4.78 is 0. The number of benzene rings is 1. The third-order valence-electron chi connectivity index (χ3n) is 12.3. The number of hydrogen-bond donors (Lipinski definition) is 13. The van der Waals surface area contributed by atoms with Gasteiger partial charge in [0, 0.05) is 19.4 Å². The summed E-state index contributed by atoms with van der Waals surface area (Å²) >= 11 is 1.30. The van der Waals surface area contributed by atoms with Crippen LogP contribution in [0.1, 0.15) is 98.0 Å². The summed E-state index contributed by atoms with van der Waals surface area (Å²) in [5, 5.41) is 48.0. The fraction of sp³-hybridized carbons (Fsp3) is 0.612. The number of hydrogen-bond acceptors (Lipinski definition) is 15. The lowest BCUT2D eigenvalue weighted by Crippen LogP contribution is -2.61. The number of nitrogens with zero attached hydrogens (tertiary/aromatic N) is 1. The first-order valence-corrected chi connectivity index (χ1v) is 26.5. The first kappa shape index (κ1) is 65.8. The number of amides is 10. The quantitative estimate of drug-likeness (QED) is 0.0332. The highest BCUT2D eigenvalue weighted by Crippen LogP contribution is 2.21. The number of primary amides is 1. The van der Waals surface area contributed by atoms with Gasteiger partial charge < -0.3 is 74.2 Å². The molecule has 1 heterocycles. The molecule has 1 aliphatic heterocycles. The molecule has 0 radical (unpaired) electrons. The van der Waals surface area contributed by atoms with Crippen LogP contribution in [0, 0.1) is 11.8 Å². The zero-order valence-corrected chi connectivity index (χ0v) is 44.9. The lowest BCUT2D eigenvalue weighted by Gasteiger charge is -2.31. The van der Waals surface area contributed by atoms with Crippen molar-refractivity contribution in [3.63, 3.8) is 0 Å². The van der Waals surface area contributed by atoms with Crippen molar-refractivity contribution < 1.29 is 77.6 Å². The van der Waals surface area contributed by atoms with Gasteiger partial charge in [0.15, 0.2) is 0 Å². The Hall–Kier alpha value is -7.36. The standard InChI is InChI=1S/C49H75N11O16S/c1-7-26(4)40(59-44(71)30(17-19-77-6)54-46(73)33(22-37(62)63)55-41(68)27(5)50)48(75)58-34(23-38(64)65)49(76)60-18-11-14-35(60)47(74)57-32(21-28-12-9-8-10-13-28)45(72)53-29(15-16-36(51)61)43(70)56-31(20-25(2)3)42(69)52-24-39(66)67/h8-10,12-13,25-27,29-35,40H,7,11,14-24,50H2,1-6H3,(H2,51,61)(H,52,69)(H,53,72)(H,54,73)(H,55,68)(H,56,70)(H,57,74)(H,58,75)(H,59,71)(H,62,63)(H,64,65)(H,66,67)/t26-,27-,29-,30-,31-,32-,33-,34-,35-,40-/m0/s1. The molecule has 0 unspecified atom stereocenters. The molecule has 1 saturated heterocycles. The van der Waals surface area contributed by atoms with E-state index in [0.29, 0.717) is 11.3 Å². The number of carbonyl (C=O) groups is 13. The molecule has 0 bridgehead atoms. The minimum Gasteiger partial charge on any atom is -0.481 e. The lowest BCUT2D eigenvalue weighted by atomic mass is 9.97. The van der Waals surface area contributed by atoms with E-state index in [2.05, 4.69) is 42.5 Å². The van der Waals surface area contributed by atoms with Gasteiger partial charge in [0.05, 0.1) is 18.9 Å². The molecule has 28 heteroatoms. The number of carboxylic acid groups (broad SMARTS) is 3. The van der Waals surface area contributed by atoms with Crippen LogP contribution in [-0.2, 0) is 68.7 Å². The molecule has 10 atom stereocenters. The van der Waals surface area contributed by atoms with Crippen LogP contribution < -0.4 is 54.0 Å². The smallest absolute Gasteiger partial charge is 0.322 e. The number of carboxylic acids is 3. The number of rotatable bonds is 34. The van der Waals surface area contributed by atoms with E-state index in [4.69, 9.17) is 16.6 Å². The molecular weight excluding hydrogens is 1030 g/mol. The minimum absolute atomic E-state index is 0.0206. The van der Waals surface area contributed by atoms with Crippen LogP contribution >= 0.6 is 11.8 Å². The zero-order chi connectivity index (χ0) is 58.1. The normalized spacial score (nSPS) is 16.5. The molecule has 1 fully saturated rings. The van der Waals surface area contributed by atoms with E-state index in [0.717, 1.165) is 4.90 Å². The monoisotopic (exact) mass is 1110 g/mol. The van der Waals surface area contributed by atoms with Gasteiger partial charge in [-0.1, -0.05) is 64.4 Å². The number of carbonyl (C=O) groups excluding carboxylic acids is 10. The van der Waals surface area contributed by atoms with Crippen LogP contribution in [0.5, 0.6) is 0 Å². The topological polar surface area (TPSA) is 434 Å². The maximum absolute atomic E-state index is 14.4. The Morgan fingerprint density at radius 3 is 1.73 bits per heavy atom. The van der Waals surface area contributed by atoms with E-state index in [1.165, 1.54) is 18.7 Å². The molecule has 10 amide bonds. The molecule has 27 nitrogen and oxygen atoms in total. The van der Waals surface area contributed by atoms with Gasteiger partial charge >= 0.3 is 17.9 Å². The molecule has 15 N–H and O–H groups in total. The molecule has 0 spiro atoms. The SMILES string of the molecule is CC[C@H](C)[C@H](NC(=O)[C@H](CCSC)NC(=O)[C@H](CC(=O)O)NC(=O)[C@H](C)N)C(=O)N[C@@H](CC(=O)O)C(=O)N1CCC[C@H]1C(=O)N[C@@H](Cc1ccccc1)C(=O)N[C@@H](CCC(N)=O)C(=O)N[C@@H](CC(C)C)C(=O)NCC(=O)O. The van der Waals surface area contributed by atoms with E-state index < -0.39 is 163 Å². The molecule has 1 aromatic carbocycles. The van der Waals surface area contributed by atoms with Crippen LogP contribution in [0.25, 0.3) is 0 Å². The van der Waals surface area contributed by atoms with Gasteiger partial charge in [-0.05, 0) is 68.4 Å². The number of aliphatic carboxylic acids is 3. The van der Waals surface area contributed by atoms with Gasteiger partial charge in [0.2, 0.25) is 59.1 Å². The Bertz CT molecular complexity index is 2270. The molecule has 1 aliphatic rings. The Kier molecular flexibility index (Phi) is 28.1. The van der Waals surface area contributed by atoms with Crippen molar-refractivity contribution in [2.45, 2.75) is 153 Å². The van der Waals surface area contributed by atoms with Gasteiger partial charge in [0.1, 0.15) is 54.9 Å². The second-order valence-corrected chi connectivity index (χ2v) is 20.1. The van der Waals surface area contributed by atoms with Gasteiger partial charge in [-0.15, -0.1) is 0 Å². The van der Waals surface area contributed by atoms with Crippen LogP contribution in [0.3, 0.4) is 0 Å². The van der Waals surface area contributed by atoms with E-state index in [1.54, 1.807) is 64.3 Å². The van der Waals surface area contributed by atoms with Crippen LogP contribution in [-0.4, -0.2) is 177 Å². The number of nitrogens with two attached hydrogens (primary N) is 2. The fourth-order valence-corrected chi connectivity index (χ4v) is 8.45. The molecule has 0 aromatic heterocycles. The number of thioether (sulfide) groups is 1. The molecule has 1 aromatic rings. The summed E-state index contributed by atoms with van der Waals surface area (Å²) in [5.74, 6) is -14.0. The summed E-state index contributed by atoms with van der Waals surface area (Å²) in [6.07, 6.45) is -0.520. The summed E-state index contributed by atoms with van der Waals surface area (Å²) in [6, 6.07) is -4.61. The highest BCUT2D eigenvalue weighted by Gasteiger charge is 2.42. The highest BCUT2D eigenvalue weighted by molar-refractivity contribution is 7.98. The van der Waals surface area contributed by atoms with Gasteiger partial charge in [-0.2, -0.15) is 11.8 Å². The minimum atomic E-state index is -1.81. The molecule has 77 heavy (non-hydrogen) atoms. The molecule has 2 rings (SSSR count). The first-order chi connectivity index (χ1) is 36.2. The first-order valence-electron chi connectivity index (χ1n) is 25.1. The largest absolute Gasteiger partial charge is 0.481 e. The Morgan fingerprint density at radius 1 is 0.649 bits per heavy atom. The second-order valence-electron chi connectivity index (χ2n) is 19.1. The summed E-state index contributed by atoms with van der Waals surface area (Å²) in [4.78, 5) is 171. The van der Waals surface area contributed by atoms with Crippen LogP contribution in [0.15, 0.2) is 30.3 Å². The van der Waals surface area contributed by atoms with Gasteiger partial charge in [0.25, 0.3) is 0 Å². The fourth-order valence-electron chi connectivity index (χ4n) is 7.97. The van der Waals surface area contributed by atoms with Crippen LogP contribution in [0.4, 0.5) is 0 Å².